The van der Waals surface area contributed by atoms with E-state index in [1.54, 1.807) is 25.6 Å². The molecule has 0 aliphatic heterocycles. The van der Waals surface area contributed by atoms with Crippen LogP contribution in [0.4, 0.5) is 0 Å². The van der Waals surface area contributed by atoms with Gasteiger partial charge in [0, 0.05) is 35.1 Å². The normalized spacial score (nSPS) is 10.9. The number of hydrogen-bond acceptors (Lipinski definition) is 5. The molecule has 0 atom stereocenters. The van der Waals surface area contributed by atoms with E-state index >= 15 is 0 Å². The summed E-state index contributed by atoms with van der Waals surface area (Å²) < 4.78 is 11.6. The molecule has 0 spiro atoms. The van der Waals surface area contributed by atoms with Crippen molar-refractivity contribution in [2.75, 3.05) is 27.3 Å². The van der Waals surface area contributed by atoms with E-state index in [9.17, 15) is 0 Å². The van der Waals surface area contributed by atoms with E-state index in [4.69, 9.17) is 9.47 Å². The minimum Gasteiger partial charge on any atom is -0.493 e. The molecule has 0 aliphatic carbocycles. The Bertz CT molecular complexity index is 755. The first-order valence-electron chi connectivity index (χ1n) is 8.41. The second kappa shape index (κ2) is 12.4. The van der Waals surface area contributed by atoms with Crippen molar-refractivity contribution in [2.24, 2.45) is 4.99 Å². The number of aromatic nitrogens is 1. The van der Waals surface area contributed by atoms with Crippen molar-refractivity contribution < 1.29 is 9.47 Å². The highest BCUT2D eigenvalue weighted by Gasteiger charge is 2.09. The summed E-state index contributed by atoms with van der Waals surface area (Å²) >= 11 is 5.30. The van der Waals surface area contributed by atoms with Gasteiger partial charge in [-0.05, 0) is 31.5 Å². The van der Waals surface area contributed by atoms with Crippen LogP contribution in [0.25, 0.3) is 0 Å². The third-order valence-corrected chi connectivity index (χ3v) is 5.32. The molecule has 0 aliphatic rings. The zero-order valence-electron chi connectivity index (χ0n) is 16.0. The van der Waals surface area contributed by atoms with E-state index in [0.717, 1.165) is 40.5 Å². The van der Waals surface area contributed by atoms with Crippen molar-refractivity contribution in [1.29, 1.82) is 0 Å². The molecule has 9 heteroatoms. The van der Waals surface area contributed by atoms with Crippen molar-refractivity contribution in [2.45, 2.75) is 26.8 Å². The van der Waals surface area contributed by atoms with Gasteiger partial charge in [-0.25, -0.2) is 9.98 Å². The number of hydrogen-bond donors (Lipinski definition) is 2. The number of thiazole rings is 1. The molecule has 6 nitrogen and oxygen atoms in total. The summed E-state index contributed by atoms with van der Waals surface area (Å²) in [6.07, 6.45) is 2.79. The Hall–Kier alpha value is -1.07. The predicted octanol–water partition coefficient (Wildman–Crippen LogP) is 4.15. The highest BCUT2D eigenvalue weighted by Crippen LogP contribution is 2.33. The molecular weight excluding hydrogens is 543 g/mol. The summed E-state index contributed by atoms with van der Waals surface area (Å²) in [6.45, 7) is 6.22. The third kappa shape index (κ3) is 7.46. The minimum atomic E-state index is 0. The van der Waals surface area contributed by atoms with Crippen LogP contribution in [0.3, 0.4) is 0 Å². The Labute approximate surface area is 190 Å². The molecule has 1 aromatic carbocycles. The molecule has 2 rings (SSSR count). The summed E-state index contributed by atoms with van der Waals surface area (Å²) in [5.41, 5.74) is 1.02. The lowest BCUT2D eigenvalue weighted by Gasteiger charge is -2.13. The molecule has 0 radical (unpaired) electrons. The van der Waals surface area contributed by atoms with Crippen LogP contribution in [0.15, 0.2) is 27.8 Å². The van der Waals surface area contributed by atoms with E-state index in [0.29, 0.717) is 18.0 Å². The second-order valence-electron chi connectivity index (χ2n) is 5.54. The molecule has 0 saturated heterocycles. The highest BCUT2D eigenvalue weighted by atomic mass is 127. The van der Waals surface area contributed by atoms with Gasteiger partial charge in [0.05, 0.1) is 25.8 Å². The van der Waals surface area contributed by atoms with Crippen molar-refractivity contribution in [3.8, 4) is 11.5 Å². The molecule has 150 valence electrons. The first-order valence-corrected chi connectivity index (χ1v) is 10.0. The molecule has 1 aromatic heterocycles. The molecule has 2 N–H and O–H groups in total. The zero-order valence-corrected chi connectivity index (χ0v) is 20.7. The topological polar surface area (TPSA) is 67.8 Å². The van der Waals surface area contributed by atoms with Gasteiger partial charge >= 0.3 is 0 Å². The standard InChI is InChI=1S/C18H25BrN4O2S.HI/c1-5-20-18(21-7-6-17-22-10-12(2)26-17)23-11-13-8-15(24-3)16(25-4)9-14(13)19;/h8-10H,5-7,11H2,1-4H3,(H2,20,21,23);1H. The summed E-state index contributed by atoms with van der Waals surface area (Å²) in [5.74, 6) is 2.16. The number of nitrogens with one attached hydrogen (secondary N) is 2. The fraction of sp³-hybridized carbons (Fsp3) is 0.444. The quantitative estimate of drug-likeness (QED) is 0.284. The Morgan fingerprint density at radius 2 is 1.93 bits per heavy atom. The van der Waals surface area contributed by atoms with Crippen LogP contribution in [0.5, 0.6) is 11.5 Å². The molecular formula is C18H26BrIN4O2S. The van der Waals surface area contributed by atoms with Crippen molar-refractivity contribution in [1.82, 2.24) is 15.6 Å². The van der Waals surface area contributed by atoms with Gasteiger partial charge in [0.2, 0.25) is 0 Å². The Kier molecular flexibility index (Phi) is 11.0. The van der Waals surface area contributed by atoms with Crippen LogP contribution in [-0.2, 0) is 13.0 Å². The maximum absolute atomic E-state index is 5.37. The number of benzene rings is 1. The average molecular weight is 569 g/mol. The molecule has 0 bridgehead atoms. The molecule has 0 amide bonds. The summed E-state index contributed by atoms with van der Waals surface area (Å²) in [5, 5.41) is 7.75. The first kappa shape index (κ1) is 24.0. The van der Waals surface area contributed by atoms with Gasteiger partial charge in [0.15, 0.2) is 17.5 Å². The maximum Gasteiger partial charge on any atom is 0.191 e. The van der Waals surface area contributed by atoms with Crippen LogP contribution in [0.2, 0.25) is 0 Å². The van der Waals surface area contributed by atoms with E-state index in [-0.39, 0.29) is 24.0 Å². The van der Waals surface area contributed by atoms with Gasteiger partial charge in [0.25, 0.3) is 0 Å². The van der Waals surface area contributed by atoms with E-state index in [2.05, 4.69) is 43.5 Å². The lowest BCUT2D eigenvalue weighted by molar-refractivity contribution is 0.354. The predicted molar refractivity (Wildman–Crippen MR) is 126 cm³/mol. The summed E-state index contributed by atoms with van der Waals surface area (Å²) in [7, 11) is 3.25. The summed E-state index contributed by atoms with van der Waals surface area (Å²) in [4.78, 5) is 10.3. The Morgan fingerprint density at radius 1 is 1.22 bits per heavy atom. The molecule has 27 heavy (non-hydrogen) atoms. The van der Waals surface area contributed by atoms with Crippen molar-refractivity contribution >= 4 is 57.2 Å². The fourth-order valence-electron chi connectivity index (χ4n) is 2.33. The molecule has 0 unspecified atom stereocenters. The van der Waals surface area contributed by atoms with E-state index in [1.807, 2.05) is 25.3 Å². The highest BCUT2D eigenvalue weighted by molar-refractivity contribution is 14.0. The van der Waals surface area contributed by atoms with Crippen LogP contribution >= 0.6 is 51.2 Å². The number of rotatable bonds is 8. The average Bonchev–Trinajstić information content (AvgIpc) is 3.05. The Morgan fingerprint density at radius 3 is 2.52 bits per heavy atom. The van der Waals surface area contributed by atoms with Gasteiger partial charge in [-0.15, -0.1) is 35.3 Å². The van der Waals surface area contributed by atoms with Gasteiger partial charge in [-0.2, -0.15) is 0 Å². The lowest BCUT2D eigenvalue weighted by Crippen LogP contribution is -2.38. The van der Waals surface area contributed by atoms with E-state index < -0.39 is 0 Å². The zero-order chi connectivity index (χ0) is 18.9. The SMILES string of the molecule is CCNC(=NCc1cc(OC)c(OC)cc1Br)NCCc1ncc(C)s1.I. The number of methoxy groups -OCH3 is 2. The van der Waals surface area contributed by atoms with Crippen molar-refractivity contribution in [3.05, 3.63) is 38.3 Å². The monoisotopic (exact) mass is 568 g/mol. The number of guanidine groups is 1. The first-order chi connectivity index (χ1) is 12.6. The van der Waals surface area contributed by atoms with Crippen LogP contribution in [0, 0.1) is 6.92 Å². The number of ether oxygens (including phenoxy) is 2. The largest absolute Gasteiger partial charge is 0.493 e. The van der Waals surface area contributed by atoms with Gasteiger partial charge in [0.1, 0.15) is 0 Å². The number of nitrogens with zero attached hydrogens (tertiary/aromatic N) is 2. The third-order valence-electron chi connectivity index (χ3n) is 3.60. The second-order valence-corrected chi connectivity index (χ2v) is 7.71. The molecule has 1 heterocycles. The van der Waals surface area contributed by atoms with Gasteiger partial charge < -0.3 is 20.1 Å². The van der Waals surface area contributed by atoms with Crippen LogP contribution in [-0.4, -0.2) is 38.3 Å². The lowest BCUT2D eigenvalue weighted by atomic mass is 10.2. The van der Waals surface area contributed by atoms with Crippen molar-refractivity contribution in [3.63, 3.8) is 0 Å². The molecule has 2 aromatic rings. The van der Waals surface area contributed by atoms with E-state index in [1.165, 1.54) is 4.88 Å². The van der Waals surface area contributed by atoms with Gasteiger partial charge in [-0.1, -0.05) is 15.9 Å². The van der Waals surface area contributed by atoms with Gasteiger partial charge in [-0.3, -0.25) is 0 Å². The number of halogens is 2. The Balaban J connectivity index is 0.00000364. The summed E-state index contributed by atoms with van der Waals surface area (Å²) in [6, 6.07) is 3.84. The number of aliphatic imine (C=N–C) groups is 1. The fourth-order valence-corrected chi connectivity index (χ4v) is 3.56. The van der Waals surface area contributed by atoms with Crippen LogP contribution < -0.4 is 20.1 Å². The van der Waals surface area contributed by atoms with Crippen LogP contribution in [0.1, 0.15) is 22.4 Å². The molecule has 0 saturated carbocycles. The smallest absolute Gasteiger partial charge is 0.191 e. The molecule has 0 fully saturated rings. The minimum absolute atomic E-state index is 0. The number of aryl methyl sites for hydroxylation is 1. The maximum atomic E-state index is 5.37.